The fourth-order valence-corrected chi connectivity index (χ4v) is 9.80. The predicted octanol–water partition coefficient (Wildman–Crippen LogP) is 20.5. The van der Waals surface area contributed by atoms with Crippen molar-refractivity contribution in [3.63, 3.8) is 0 Å². The summed E-state index contributed by atoms with van der Waals surface area (Å²) in [6.45, 7) is 4.22. The minimum atomic E-state index is -0.764. The molecule has 1 unspecified atom stereocenters. The lowest BCUT2D eigenvalue weighted by Gasteiger charge is -2.15. The molecule has 0 aromatic carbocycles. The summed E-state index contributed by atoms with van der Waals surface area (Å²) < 4.78 is 10.7. The van der Waals surface area contributed by atoms with Crippen molar-refractivity contribution in [1.82, 2.24) is 0 Å². The number of carbonyl (C=O) groups excluding carboxylic acids is 2. The highest BCUT2D eigenvalue weighted by Crippen LogP contribution is 2.19. The number of ether oxygens (including phenoxy) is 2. The molecular formula is C61H120O5. The van der Waals surface area contributed by atoms with E-state index in [2.05, 4.69) is 13.8 Å². The molecule has 0 radical (unpaired) electrons. The Bertz CT molecular complexity index is 921. The van der Waals surface area contributed by atoms with Crippen LogP contribution in [0.3, 0.4) is 0 Å². The van der Waals surface area contributed by atoms with Gasteiger partial charge >= 0.3 is 11.9 Å². The van der Waals surface area contributed by atoms with Crippen molar-refractivity contribution in [2.75, 3.05) is 13.2 Å². The first-order chi connectivity index (χ1) is 32.6. The topological polar surface area (TPSA) is 72.8 Å². The summed E-state index contributed by atoms with van der Waals surface area (Å²) in [6, 6.07) is 0. The average molecular weight is 934 g/mol. The lowest BCUT2D eigenvalue weighted by atomic mass is 10.0. The average Bonchev–Trinajstić information content (AvgIpc) is 3.32. The highest BCUT2D eigenvalue weighted by Gasteiger charge is 2.16. The van der Waals surface area contributed by atoms with Gasteiger partial charge in [-0.15, -0.1) is 0 Å². The van der Waals surface area contributed by atoms with E-state index >= 15 is 0 Å². The van der Waals surface area contributed by atoms with E-state index in [1.165, 1.54) is 302 Å². The zero-order chi connectivity index (χ0) is 47.7. The van der Waals surface area contributed by atoms with Crippen molar-refractivity contribution in [2.24, 2.45) is 0 Å². The van der Waals surface area contributed by atoms with Crippen LogP contribution < -0.4 is 0 Å². The maximum absolute atomic E-state index is 12.3. The Labute approximate surface area is 414 Å². The second-order valence-electron chi connectivity index (χ2n) is 21.2. The normalized spacial score (nSPS) is 12.0. The molecule has 5 heteroatoms. The Morgan fingerprint density at radius 2 is 0.470 bits per heavy atom. The molecular weight excluding hydrogens is 813 g/mol. The summed E-state index contributed by atoms with van der Waals surface area (Å²) in [4.78, 5) is 24.6. The summed E-state index contributed by atoms with van der Waals surface area (Å²) in [5.41, 5.74) is 0. The number of aliphatic hydroxyl groups excluding tert-OH is 1. The number of hydrogen-bond acceptors (Lipinski definition) is 5. The van der Waals surface area contributed by atoms with Gasteiger partial charge in [0.15, 0.2) is 6.10 Å². The predicted molar refractivity (Wildman–Crippen MR) is 289 cm³/mol. The van der Waals surface area contributed by atoms with Crippen LogP contribution in [0.2, 0.25) is 0 Å². The zero-order valence-corrected chi connectivity index (χ0v) is 45.3. The van der Waals surface area contributed by atoms with Crippen molar-refractivity contribution in [3.05, 3.63) is 0 Å². The third kappa shape index (κ3) is 55.5. The summed E-state index contributed by atoms with van der Waals surface area (Å²) in [5, 5.41) is 9.67. The molecule has 66 heavy (non-hydrogen) atoms. The molecule has 0 aromatic heterocycles. The number of unbranched alkanes of at least 4 members (excludes halogenated alkanes) is 50. The highest BCUT2D eigenvalue weighted by molar-refractivity contribution is 5.70. The molecule has 0 aliphatic heterocycles. The SMILES string of the molecule is CCCCCCCCCCCCCCCCCCCCCCCCCCCCCCC(=O)OC(CO)COC(=O)CCCCCCCCCCCCCCCCCCCCCCCCCC. The van der Waals surface area contributed by atoms with E-state index in [-0.39, 0.29) is 25.2 Å². The van der Waals surface area contributed by atoms with E-state index in [0.29, 0.717) is 12.8 Å². The number of hydrogen-bond donors (Lipinski definition) is 1. The highest BCUT2D eigenvalue weighted by atomic mass is 16.6. The van der Waals surface area contributed by atoms with Gasteiger partial charge in [0.1, 0.15) is 6.61 Å². The van der Waals surface area contributed by atoms with Crippen LogP contribution in [0.1, 0.15) is 361 Å². The van der Waals surface area contributed by atoms with Crippen LogP contribution in [0.25, 0.3) is 0 Å². The quantitative estimate of drug-likeness (QED) is 0.0486. The Morgan fingerprint density at radius 3 is 0.667 bits per heavy atom. The smallest absolute Gasteiger partial charge is 0.306 e. The van der Waals surface area contributed by atoms with Gasteiger partial charge in [-0.3, -0.25) is 9.59 Å². The van der Waals surface area contributed by atoms with Crippen LogP contribution in [-0.4, -0.2) is 36.4 Å². The Kier molecular flexibility index (Phi) is 57.2. The number of rotatable bonds is 58. The molecule has 0 bridgehead atoms. The van der Waals surface area contributed by atoms with E-state index in [9.17, 15) is 14.7 Å². The van der Waals surface area contributed by atoms with Crippen LogP contribution in [0, 0.1) is 0 Å². The molecule has 0 rings (SSSR count). The largest absolute Gasteiger partial charge is 0.462 e. The third-order valence-corrected chi connectivity index (χ3v) is 14.4. The minimum absolute atomic E-state index is 0.0555. The molecule has 0 aliphatic rings. The molecule has 0 fully saturated rings. The minimum Gasteiger partial charge on any atom is -0.462 e. The van der Waals surface area contributed by atoms with E-state index in [4.69, 9.17) is 9.47 Å². The van der Waals surface area contributed by atoms with Crippen LogP contribution in [-0.2, 0) is 19.1 Å². The van der Waals surface area contributed by atoms with Gasteiger partial charge < -0.3 is 14.6 Å². The molecule has 1 N–H and O–H groups in total. The monoisotopic (exact) mass is 933 g/mol. The van der Waals surface area contributed by atoms with E-state index in [1.807, 2.05) is 0 Å². The Morgan fingerprint density at radius 1 is 0.288 bits per heavy atom. The maximum Gasteiger partial charge on any atom is 0.306 e. The molecule has 0 heterocycles. The van der Waals surface area contributed by atoms with Crippen LogP contribution in [0.5, 0.6) is 0 Å². The number of aliphatic hydroxyl groups is 1. The molecule has 0 saturated heterocycles. The first-order valence-corrected chi connectivity index (χ1v) is 30.6. The molecule has 0 amide bonds. The van der Waals surface area contributed by atoms with Gasteiger partial charge in [0.25, 0.3) is 0 Å². The van der Waals surface area contributed by atoms with E-state index in [0.717, 1.165) is 32.1 Å². The van der Waals surface area contributed by atoms with Gasteiger partial charge in [-0.1, -0.05) is 335 Å². The van der Waals surface area contributed by atoms with Gasteiger partial charge in [0.2, 0.25) is 0 Å². The van der Waals surface area contributed by atoms with Crippen LogP contribution in [0.15, 0.2) is 0 Å². The summed E-state index contributed by atoms with van der Waals surface area (Å²) >= 11 is 0. The second-order valence-corrected chi connectivity index (χ2v) is 21.2. The standard InChI is InChI=1S/C61H120O5/c1-3-5-7-9-11-13-15-17-19-21-23-25-27-29-30-31-32-34-36-38-40-42-44-46-48-50-52-54-56-61(64)66-59(57-62)58-65-60(63)55-53-51-49-47-45-43-41-39-37-35-33-28-26-24-22-20-18-16-14-12-10-8-6-4-2/h59,62H,3-58H2,1-2H3. The van der Waals surface area contributed by atoms with Gasteiger partial charge in [-0.05, 0) is 12.8 Å². The molecule has 1 atom stereocenters. The van der Waals surface area contributed by atoms with Crippen LogP contribution >= 0.6 is 0 Å². The lowest BCUT2D eigenvalue weighted by molar-refractivity contribution is -0.161. The summed E-state index contributed by atoms with van der Waals surface area (Å²) in [5.74, 6) is -0.561. The molecule has 0 aromatic rings. The third-order valence-electron chi connectivity index (χ3n) is 14.4. The van der Waals surface area contributed by atoms with Crippen LogP contribution in [0.4, 0.5) is 0 Å². The van der Waals surface area contributed by atoms with Crippen molar-refractivity contribution in [2.45, 2.75) is 367 Å². The molecule has 394 valence electrons. The molecule has 0 spiro atoms. The Balaban J connectivity index is 3.38. The first-order valence-electron chi connectivity index (χ1n) is 30.6. The maximum atomic E-state index is 12.3. The fraction of sp³-hybridized carbons (Fsp3) is 0.967. The molecule has 0 saturated carbocycles. The van der Waals surface area contributed by atoms with Crippen molar-refractivity contribution in [1.29, 1.82) is 0 Å². The fourth-order valence-electron chi connectivity index (χ4n) is 9.80. The van der Waals surface area contributed by atoms with E-state index in [1.54, 1.807) is 0 Å². The molecule has 5 nitrogen and oxygen atoms in total. The summed E-state index contributed by atoms with van der Waals surface area (Å²) in [7, 11) is 0. The van der Waals surface area contributed by atoms with Crippen molar-refractivity contribution >= 4 is 11.9 Å². The van der Waals surface area contributed by atoms with Gasteiger partial charge in [-0.2, -0.15) is 0 Å². The zero-order valence-electron chi connectivity index (χ0n) is 45.3. The van der Waals surface area contributed by atoms with Crippen molar-refractivity contribution < 1.29 is 24.2 Å². The summed E-state index contributed by atoms with van der Waals surface area (Å²) in [6.07, 6.45) is 71.0. The first kappa shape index (κ1) is 64.9. The second kappa shape index (κ2) is 58.2. The van der Waals surface area contributed by atoms with Gasteiger partial charge in [-0.25, -0.2) is 0 Å². The van der Waals surface area contributed by atoms with Crippen molar-refractivity contribution in [3.8, 4) is 0 Å². The Hall–Kier alpha value is -1.10. The van der Waals surface area contributed by atoms with Gasteiger partial charge in [0, 0.05) is 12.8 Å². The van der Waals surface area contributed by atoms with E-state index < -0.39 is 6.10 Å². The van der Waals surface area contributed by atoms with Gasteiger partial charge in [0.05, 0.1) is 6.61 Å². The number of carbonyl (C=O) groups is 2. The molecule has 0 aliphatic carbocycles. The lowest BCUT2D eigenvalue weighted by Crippen LogP contribution is -2.28. The number of esters is 2.